The number of carbonyl (C=O) groups excluding carboxylic acids is 2. The van der Waals surface area contributed by atoms with E-state index in [4.69, 9.17) is 9.47 Å². The van der Waals surface area contributed by atoms with Crippen LogP contribution in [0.5, 0.6) is 11.5 Å². The molecule has 7 nitrogen and oxygen atoms in total. The van der Waals surface area contributed by atoms with Crippen LogP contribution >= 0.6 is 0 Å². The fourth-order valence-electron chi connectivity index (χ4n) is 3.38. The Morgan fingerprint density at radius 2 is 1.68 bits per heavy atom. The molecule has 0 saturated carbocycles. The van der Waals surface area contributed by atoms with Gasteiger partial charge in [0.25, 0.3) is 0 Å². The van der Waals surface area contributed by atoms with Gasteiger partial charge in [-0.2, -0.15) is 0 Å². The van der Waals surface area contributed by atoms with Gasteiger partial charge in [-0.05, 0) is 49.2 Å². The van der Waals surface area contributed by atoms with Gasteiger partial charge in [0.1, 0.15) is 6.54 Å². The van der Waals surface area contributed by atoms with Crippen molar-refractivity contribution in [3.05, 3.63) is 47.5 Å². The minimum atomic E-state index is -0.215. The second-order valence-corrected chi connectivity index (χ2v) is 6.82. The van der Waals surface area contributed by atoms with Gasteiger partial charge in [-0.3, -0.25) is 9.69 Å². The molecule has 1 N–H and O–H groups in total. The van der Waals surface area contributed by atoms with Crippen LogP contribution in [-0.4, -0.2) is 50.7 Å². The van der Waals surface area contributed by atoms with Gasteiger partial charge in [-0.25, -0.2) is 4.79 Å². The van der Waals surface area contributed by atoms with E-state index in [1.165, 1.54) is 4.90 Å². The molecule has 2 aromatic rings. The van der Waals surface area contributed by atoms with E-state index in [-0.39, 0.29) is 18.5 Å². The Labute approximate surface area is 164 Å². The van der Waals surface area contributed by atoms with Crippen LogP contribution < -0.4 is 19.7 Å². The zero-order chi connectivity index (χ0) is 20.3. The molecule has 1 saturated heterocycles. The lowest BCUT2D eigenvalue weighted by atomic mass is 10.1. The Morgan fingerprint density at radius 1 is 1.00 bits per heavy atom. The van der Waals surface area contributed by atoms with Crippen molar-refractivity contribution < 1.29 is 19.1 Å². The molecule has 0 radical (unpaired) electrons. The van der Waals surface area contributed by atoms with E-state index in [2.05, 4.69) is 5.32 Å². The molecule has 3 rings (SSSR count). The molecule has 148 valence electrons. The Morgan fingerprint density at radius 3 is 2.32 bits per heavy atom. The van der Waals surface area contributed by atoms with Crippen molar-refractivity contribution in [3.63, 3.8) is 0 Å². The summed E-state index contributed by atoms with van der Waals surface area (Å²) in [6, 6.07) is 11.0. The van der Waals surface area contributed by atoms with Crippen molar-refractivity contribution in [1.29, 1.82) is 0 Å². The molecule has 0 atom stereocenters. The number of hydrogen-bond acceptors (Lipinski definition) is 4. The lowest BCUT2D eigenvalue weighted by Gasteiger charge is -2.19. The van der Waals surface area contributed by atoms with Crippen LogP contribution in [0.3, 0.4) is 0 Å². The molecule has 1 aliphatic rings. The van der Waals surface area contributed by atoms with E-state index in [9.17, 15) is 9.59 Å². The molecule has 2 aromatic carbocycles. The summed E-state index contributed by atoms with van der Waals surface area (Å²) in [4.78, 5) is 28.3. The smallest absolute Gasteiger partial charge is 0.325 e. The molecule has 3 amide bonds. The topological polar surface area (TPSA) is 71.1 Å². The Bertz CT molecular complexity index is 877. The fraction of sp³-hybridized carbons (Fsp3) is 0.333. The van der Waals surface area contributed by atoms with E-state index in [1.807, 2.05) is 32.0 Å². The molecular formula is C21H25N3O4. The van der Waals surface area contributed by atoms with Crippen LogP contribution in [0.1, 0.15) is 11.1 Å². The van der Waals surface area contributed by atoms with E-state index in [1.54, 1.807) is 37.3 Å². The van der Waals surface area contributed by atoms with Crippen LogP contribution in [-0.2, 0) is 4.79 Å². The average Bonchev–Trinajstić information content (AvgIpc) is 3.00. The molecule has 0 unspecified atom stereocenters. The van der Waals surface area contributed by atoms with Crippen LogP contribution in [0.25, 0.3) is 0 Å². The molecule has 0 spiro atoms. The van der Waals surface area contributed by atoms with E-state index in [0.29, 0.717) is 30.3 Å². The zero-order valence-corrected chi connectivity index (χ0v) is 16.6. The maximum atomic E-state index is 12.8. The molecule has 1 heterocycles. The summed E-state index contributed by atoms with van der Waals surface area (Å²) in [5, 5.41) is 2.87. The highest BCUT2D eigenvalue weighted by Gasteiger charge is 2.31. The quantitative estimate of drug-likeness (QED) is 0.832. The first-order chi connectivity index (χ1) is 13.4. The normalized spacial score (nSPS) is 13.6. The van der Waals surface area contributed by atoms with Gasteiger partial charge in [0.05, 0.1) is 14.2 Å². The van der Waals surface area contributed by atoms with Gasteiger partial charge in [0, 0.05) is 30.5 Å². The molecule has 0 aromatic heterocycles. The maximum Gasteiger partial charge on any atom is 0.325 e. The molecule has 0 bridgehead atoms. The number of nitrogens with zero attached hydrogens (tertiary/aromatic N) is 2. The summed E-state index contributed by atoms with van der Waals surface area (Å²) in [6.45, 7) is 4.95. The summed E-state index contributed by atoms with van der Waals surface area (Å²) >= 11 is 0. The summed E-state index contributed by atoms with van der Waals surface area (Å²) in [5.41, 5.74) is 3.60. The highest BCUT2D eigenvalue weighted by Crippen LogP contribution is 2.32. The monoisotopic (exact) mass is 383 g/mol. The summed E-state index contributed by atoms with van der Waals surface area (Å²) in [7, 11) is 3.12. The molecule has 1 fully saturated rings. The van der Waals surface area contributed by atoms with Crippen molar-refractivity contribution >= 4 is 23.3 Å². The second kappa shape index (κ2) is 8.21. The number of amides is 3. The van der Waals surface area contributed by atoms with Gasteiger partial charge in [-0.1, -0.05) is 6.07 Å². The first-order valence-electron chi connectivity index (χ1n) is 9.08. The third kappa shape index (κ3) is 4.19. The van der Waals surface area contributed by atoms with E-state index >= 15 is 0 Å². The zero-order valence-electron chi connectivity index (χ0n) is 16.6. The first kappa shape index (κ1) is 19.5. The highest BCUT2D eigenvalue weighted by molar-refractivity contribution is 5.99. The number of ether oxygens (including phenoxy) is 2. The predicted molar refractivity (Wildman–Crippen MR) is 108 cm³/mol. The molecule has 1 aliphatic heterocycles. The first-order valence-corrected chi connectivity index (χ1v) is 9.08. The van der Waals surface area contributed by atoms with Crippen LogP contribution in [0.4, 0.5) is 16.2 Å². The lowest BCUT2D eigenvalue weighted by Crippen LogP contribution is -2.37. The van der Waals surface area contributed by atoms with Gasteiger partial charge in [0.2, 0.25) is 5.91 Å². The van der Waals surface area contributed by atoms with E-state index < -0.39 is 0 Å². The maximum absolute atomic E-state index is 12.8. The van der Waals surface area contributed by atoms with Crippen molar-refractivity contribution in [2.45, 2.75) is 13.8 Å². The Balaban J connectivity index is 1.66. The second-order valence-electron chi connectivity index (χ2n) is 6.82. The minimum Gasteiger partial charge on any atom is -0.493 e. The lowest BCUT2D eigenvalue weighted by molar-refractivity contribution is -0.116. The van der Waals surface area contributed by atoms with Crippen LogP contribution in [0, 0.1) is 13.8 Å². The number of rotatable bonds is 6. The van der Waals surface area contributed by atoms with Crippen molar-refractivity contribution in [3.8, 4) is 11.5 Å². The van der Waals surface area contributed by atoms with Crippen molar-refractivity contribution in [1.82, 2.24) is 4.90 Å². The molecule has 7 heteroatoms. The summed E-state index contributed by atoms with van der Waals surface area (Å²) in [5.74, 6) is 0.939. The third-order valence-electron chi connectivity index (χ3n) is 4.61. The van der Waals surface area contributed by atoms with E-state index in [0.717, 1.165) is 16.8 Å². The molecule has 0 aliphatic carbocycles. The number of benzene rings is 2. The standard InChI is InChI=1S/C21H25N3O4/c1-14-9-15(2)11-16(10-14)22-20(25)13-23-7-8-24(21(23)26)17-5-6-18(27-3)19(12-17)28-4/h5-6,9-12H,7-8,13H2,1-4H3,(H,22,25). The number of anilines is 2. The van der Waals surface area contributed by atoms with Gasteiger partial charge in [-0.15, -0.1) is 0 Å². The third-order valence-corrected chi connectivity index (χ3v) is 4.61. The predicted octanol–water partition coefficient (Wildman–Crippen LogP) is 3.20. The van der Waals surface area contributed by atoms with Crippen LogP contribution in [0.15, 0.2) is 36.4 Å². The van der Waals surface area contributed by atoms with Gasteiger partial charge < -0.3 is 19.7 Å². The Kier molecular flexibility index (Phi) is 5.73. The van der Waals surface area contributed by atoms with Crippen molar-refractivity contribution in [2.24, 2.45) is 0 Å². The number of carbonyl (C=O) groups is 2. The minimum absolute atomic E-state index is 0.00954. The number of nitrogens with one attached hydrogen (secondary N) is 1. The Hall–Kier alpha value is -3.22. The number of hydrogen-bond donors (Lipinski definition) is 1. The largest absolute Gasteiger partial charge is 0.493 e. The van der Waals surface area contributed by atoms with Crippen molar-refractivity contribution in [2.75, 3.05) is 44.1 Å². The van der Waals surface area contributed by atoms with Gasteiger partial charge >= 0.3 is 6.03 Å². The molecular weight excluding hydrogens is 358 g/mol. The highest BCUT2D eigenvalue weighted by atomic mass is 16.5. The SMILES string of the molecule is COc1ccc(N2CCN(CC(=O)Nc3cc(C)cc(C)c3)C2=O)cc1OC. The number of methoxy groups -OCH3 is 2. The number of aryl methyl sites for hydroxylation is 2. The number of urea groups is 1. The van der Waals surface area contributed by atoms with Crippen LogP contribution in [0.2, 0.25) is 0 Å². The summed E-state index contributed by atoms with van der Waals surface area (Å²) in [6.07, 6.45) is 0. The summed E-state index contributed by atoms with van der Waals surface area (Å²) < 4.78 is 10.5. The fourth-order valence-corrected chi connectivity index (χ4v) is 3.38. The average molecular weight is 383 g/mol. The van der Waals surface area contributed by atoms with Gasteiger partial charge in [0.15, 0.2) is 11.5 Å². The molecule has 28 heavy (non-hydrogen) atoms.